The SMILES string of the molecule is Cc1nc(C(=O)N2CCN(C(=O)OC(C)(C)C)CC2Cc2nc(-c3ccc(F)cc3)co2)c(-c2ccc(F)cc2)s1. The van der Waals surface area contributed by atoms with Gasteiger partial charge < -0.3 is 19.0 Å². The van der Waals surface area contributed by atoms with Gasteiger partial charge in [-0.3, -0.25) is 4.79 Å². The number of nitrogens with zero attached hydrogens (tertiary/aromatic N) is 4. The van der Waals surface area contributed by atoms with Crippen LogP contribution in [-0.2, 0) is 11.2 Å². The Bertz CT molecular complexity index is 1540. The van der Waals surface area contributed by atoms with Crippen molar-refractivity contribution in [3.8, 4) is 21.7 Å². The molecular formula is C30H30F2N4O4S. The fraction of sp³-hybridized carbons (Fsp3) is 0.333. The van der Waals surface area contributed by atoms with Gasteiger partial charge in [-0.15, -0.1) is 11.3 Å². The van der Waals surface area contributed by atoms with E-state index in [4.69, 9.17) is 9.15 Å². The number of halogens is 2. The summed E-state index contributed by atoms with van der Waals surface area (Å²) in [5.74, 6) is -0.653. The van der Waals surface area contributed by atoms with Crippen molar-refractivity contribution in [3.05, 3.63) is 83.0 Å². The molecule has 11 heteroatoms. The molecule has 0 bridgehead atoms. The first kappa shape index (κ1) is 28.4. The molecule has 214 valence electrons. The van der Waals surface area contributed by atoms with Crippen molar-refractivity contribution >= 4 is 23.3 Å². The fourth-order valence-electron chi connectivity index (χ4n) is 4.65. The normalized spacial score (nSPS) is 15.7. The number of thiazole rings is 1. The number of aromatic nitrogens is 2. The van der Waals surface area contributed by atoms with Gasteiger partial charge in [0.15, 0.2) is 5.89 Å². The molecule has 1 aliphatic rings. The molecule has 1 unspecified atom stereocenters. The minimum Gasteiger partial charge on any atom is -0.448 e. The van der Waals surface area contributed by atoms with Gasteiger partial charge in [-0.2, -0.15) is 0 Å². The number of carbonyl (C=O) groups excluding carboxylic acids is 2. The number of aryl methyl sites for hydroxylation is 1. The Morgan fingerprint density at radius 1 is 1.00 bits per heavy atom. The van der Waals surface area contributed by atoms with E-state index in [1.165, 1.54) is 41.9 Å². The molecule has 8 nitrogen and oxygen atoms in total. The Balaban J connectivity index is 1.43. The van der Waals surface area contributed by atoms with Crippen molar-refractivity contribution in [1.82, 2.24) is 19.8 Å². The lowest BCUT2D eigenvalue weighted by atomic mass is 10.1. The van der Waals surface area contributed by atoms with Crippen LogP contribution in [0.4, 0.5) is 13.6 Å². The van der Waals surface area contributed by atoms with Crippen LogP contribution in [0.1, 0.15) is 42.2 Å². The average Bonchev–Trinajstić information content (AvgIpc) is 3.55. The molecule has 0 N–H and O–H groups in total. The molecule has 1 fully saturated rings. The van der Waals surface area contributed by atoms with Crippen molar-refractivity contribution in [1.29, 1.82) is 0 Å². The van der Waals surface area contributed by atoms with E-state index in [-0.39, 0.29) is 49.3 Å². The monoisotopic (exact) mass is 580 g/mol. The third kappa shape index (κ3) is 6.62. The van der Waals surface area contributed by atoms with Crippen molar-refractivity contribution in [2.45, 2.75) is 45.8 Å². The van der Waals surface area contributed by atoms with Crippen LogP contribution in [-0.4, -0.2) is 63.0 Å². The maximum atomic E-state index is 14.0. The van der Waals surface area contributed by atoms with E-state index in [1.807, 2.05) is 6.92 Å². The van der Waals surface area contributed by atoms with E-state index < -0.39 is 17.7 Å². The Kier molecular flexibility index (Phi) is 7.90. The van der Waals surface area contributed by atoms with Crippen LogP contribution in [0.5, 0.6) is 0 Å². The Morgan fingerprint density at radius 3 is 2.27 bits per heavy atom. The number of ether oxygens (including phenoxy) is 1. The van der Waals surface area contributed by atoms with Crippen LogP contribution in [0.3, 0.4) is 0 Å². The maximum Gasteiger partial charge on any atom is 0.410 e. The molecule has 1 saturated heterocycles. The standard InChI is InChI=1S/C30H30F2N4O4S/c1-18-33-26(27(41-18)20-7-11-22(32)12-8-20)28(37)36-14-13-35(29(38)40-30(2,3)4)16-23(36)15-25-34-24(17-39-25)19-5-9-21(31)10-6-19/h5-12,17,23H,13-16H2,1-4H3. The van der Waals surface area contributed by atoms with Gasteiger partial charge in [0.2, 0.25) is 0 Å². The number of piperazine rings is 1. The van der Waals surface area contributed by atoms with Crippen LogP contribution >= 0.6 is 11.3 Å². The van der Waals surface area contributed by atoms with Crippen LogP contribution in [0, 0.1) is 18.6 Å². The second-order valence-electron chi connectivity index (χ2n) is 10.8. The predicted molar refractivity (Wildman–Crippen MR) is 150 cm³/mol. The minimum absolute atomic E-state index is 0.198. The lowest BCUT2D eigenvalue weighted by Crippen LogP contribution is -2.58. The van der Waals surface area contributed by atoms with Gasteiger partial charge in [0, 0.05) is 31.6 Å². The average molecular weight is 581 g/mol. The zero-order chi connectivity index (χ0) is 29.3. The molecule has 2 aromatic heterocycles. The number of rotatable bonds is 5. The second-order valence-corrected chi connectivity index (χ2v) is 12.0. The summed E-state index contributed by atoms with van der Waals surface area (Å²) in [7, 11) is 0. The lowest BCUT2D eigenvalue weighted by molar-refractivity contribution is 0.00368. The van der Waals surface area contributed by atoms with Crippen molar-refractivity contribution in [3.63, 3.8) is 0 Å². The zero-order valence-electron chi connectivity index (χ0n) is 23.2. The summed E-state index contributed by atoms with van der Waals surface area (Å²) >= 11 is 1.36. The molecule has 4 aromatic rings. The molecule has 41 heavy (non-hydrogen) atoms. The molecule has 0 saturated carbocycles. The van der Waals surface area contributed by atoms with Gasteiger partial charge in [-0.1, -0.05) is 12.1 Å². The third-order valence-corrected chi connectivity index (χ3v) is 7.56. The van der Waals surface area contributed by atoms with Gasteiger partial charge in [0.1, 0.15) is 34.9 Å². The molecule has 1 aliphatic heterocycles. The highest BCUT2D eigenvalue weighted by atomic mass is 32.1. The Morgan fingerprint density at radius 2 is 1.63 bits per heavy atom. The summed E-state index contributed by atoms with van der Waals surface area (Å²) in [6.45, 7) is 7.93. The first-order valence-electron chi connectivity index (χ1n) is 13.2. The molecule has 0 radical (unpaired) electrons. The molecule has 0 aliphatic carbocycles. The van der Waals surface area contributed by atoms with E-state index in [1.54, 1.807) is 54.8 Å². The van der Waals surface area contributed by atoms with Gasteiger partial charge in [-0.25, -0.2) is 23.5 Å². The number of oxazole rings is 1. The summed E-state index contributed by atoms with van der Waals surface area (Å²) in [6.07, 6.45) is 1.24. The molecule has 0 spiro atoms. The Labute approximate surface area is 240 Å². The number of benzene rings is 2. The molecule has 2 amide bonds. The van der Waals surface area contributed by atoms with Crippen LogP contribution in [0.25, 0.3) is 21.7 Å². The summed E-state index contributed by atoms with van der Waals surface area (Å²) in [5.41, 5.74) is 1.52. The van der Waals surface area contributed by atoms with Crippen LogP contribution < -0.4 is 0 Å². The topological polar surface area (TPSA) is 88.8 Å². The fourth-order valence-corrected chi connectivity index (χ4v) is 5.57. The summed E-state index contributed by atoms with van der Waals surface area (Å²) < 4.78 is 38.3. The molecule has 2 aromatic carbocycles. The number of amides is 2. The lowest BCUT2D eigenvalue weighted by Gasteiger charge is -2.41. The van der Waals surface area contributed by atoms with E-state index in [2.05, 4.69) is 9.97 Å². The molecule has 3 heterocycles. The maximum absolute atomic E-state index is 14.0. The van der Waals surface area contributed by atoms with Crippen LogP contribution in [0.15, 0.2) is 59.2 Å². The van der Waals surface area contributed by atoms with Gasteiger partial charge in [0.25, 0.3) is 5.91 Å². The first-order chi connectivity index (χ1) is 19.5. The smallest absolute Gasteiger partial charge is 0.410 e. The van der Waals surface area contributed by atoms with Crippen molar-refractivity contribution < 1.29 is 27.5 Å². The second kappa shape index (κ2) is 11.4. The minimum atomic E-state index is -0.672. The predicted octanol–water partition coefficient (Wildman–Crippen LogP) is 6.36. The quantitative estimate of drug-likeness (QED) is 0.273. The third-order valence-electron chi connectivity index (χ3n) is 6.54. The largest absolute Gasteiger partial charge is 0.448 e. The summed E-state index contributed by atoms with van der Waals surface area (Å²) in [6, 6.07) is 11.4. The molecular weight excluding hydrogens is 550 g/mol. The van der Waals surface area contributed by atoms with E-state index in [0.29, 0.717) is 32.6 Å². The first-order valence-corrected chi connectivity index (χ1v) is 14.0. The zero-order valence-corrected chi connectivity index (χ0v) is 24.0. The summed E-state index contributed by atoms with van der Waals surface area (Å²) in [5, 5.41) is 0.702. The number of hydrogen-bond acceptors (Lipinski definition) is 7. The van der Waals surface area contributed by atoms with Gasteiger partial charge in [0.05, 0.1) is 15.9 Å². The van der Waals surface area contributed by atoms with Gasteiger partial charge in [-0.05, 0) is 69.7 Å². The highest BCUT2D eigenvalue weighted by Crippen LogP contribution is 2.32. The van der Waals surface area contributed by atoms with E-state index in [0.717, 1.165) is 0 Å². The van der Waals surface area contributed by atoms with Gasteiger partial charge >= 0.3 is 6.09 Å². The highest BCUT2D eigenvalue weighted by molar-refractivity contribution is 7.15. The Hall–Kier alpha value is -4.12. The number of carbonyl (C=O) groups is 2. The van der Waals surface area contributed by atoms with Crippen LogP contribution in [0.2, 0.25) is 0 Å². The van der Waals surface area contributed by atoms with E-state index >= 15 is 0 Å². The number of hydrogen-bond donors (Lipinski definition) is 0. The molecule has 5 rings (SSSR count). The van der Waals surface area contributed by atoms with Crippen molar-refractivity contribution in [2.24, 2.45) is 0 Å². The van der Waals surface area contributed by atoms with E-state index in [9.17, 15) is 18.4 Å². The highest BCUT2D eigenvalue weighted by Gasteiger charge is 2.37. The molecule has 1 atom stereocenters. The van der Waals surface area contributed by atoms with Crippen molar-refractivity contribution in [2.75, 3.05) is 19.6 Å². The summed E-state index contributed by atoms with van der Waals surface area (Å²) in [4.78, 5) is 40.0.